The van der Waals surface area contributed by atoms with Crippen LogP contribution >= 0.6 is 8.53 Å². The molecular weight excluding hydrogens is 832 g/mol. The molecule has 0 saturated heterocycles. The predicted octanol–water partition coefficient (Wildman–Crippen LogP) is 8.49. The molecule has 2 N–H and O–H groups in total. The van der Waals surface area contributed by atoms with Crippen LogP contribution in [-0.4, -0.2) is 94.8 Å². The minimum absolute atomic E-state index is 0.0135. The highest BCUT2D eigenvalue weighted by Gasteiger charge is 2.38. The van der Waals surface area contributed by atoms with E-state index in [1.165, 1.54) is 6.33 Å². The lowest BCUT2D eigenvalue weighted by Crippen LogP contribution is -2.35. The molecule has 0 radical (unpaired) electrons. The van der Waals surface area contributed by atoms with Crippen LogP contribution in [0.15, 0.2) is 120 Å². The topological polar surface area (TPSA) is 158 Å². The molecule has 0 aliphatic heterocycles. The molecule has 0 aliphatic carbocycles. The van der Waals surface area contributed by atoms with E-state index < -0.39 is 19.7 Å². The largest absolute Gasteiger partial charge is 0.497 e. The second-order valence-electron chi connectivity index (χ2n) is 16.0. The minimum atomic E-state index is -1.62. The van der Waals surface area contributed by atoms with Gasteiger partial charge in [0, 0.05) is 44.0 Å². The van der Waals surface area contributed by atoms with Gasteiger partial charge in [0.05, 0.1) is 34.0 Å². The summed E-state index contributed by atoms with van der Waals surface area (Å²) in [6.45, 7) is 13.1. The lowest BCUT2D eigenvalue weighted by atomic mass is 9.80. The molecule has 1 unspecified atom stereocenters. The van der Waals surface area contributed by atoms with E-state index >= 15 is 0 Å². The molecule has 3 heterocycles. The van der Waals surface area contributed by atoms with Crippen LogP contribution in [0.2, 0.25) is 0 Å². The van der Waals surface area contributed by atoms with Crippen LogP contribution in [0.4, 0.5) is 11.8 Å². The molecule has 15 nitrogen and oxygen atoms in total. The number of hydrogen-bond donors (Lipinski definition) is 2. The monoisotopic (exact) mass is 890 g/mol. The summed E-state index contributed by atoms with van der Waals surface area (Å²) in [5.41, 5.74) is 1.94. The number of likely N-dealkylation sites (N-methyl/N-ethyl adjacent to an activating group) is 1. The van der Waals surface area contributed by atoms with Crippen molar-refractivity contribution in [1.82, 2.24) is 29.2 Å². The number of benzene rings is 3. The van der Waals surface area contributed by atoms with E-state index in [1.807, 2.05) is 115 Å². The second-order valence-corrected chi connectivity index (χ2v) is 17.4. The Labute approximate surface area is 376 Å². The van der Waals surface area contributed by atoms with Gasteiger partial charge in [0.2, 0.25) is 11.9 Å². The van der Waals surface area contributed by atoms with Gasteiger partial charge in [0.15, 0.2) is 11.2 Å². The molecule has 1 amide bonds. The van der Waals surface area contributed by atoms with Crippen LogP contribution in [0.1, 0.15) is 58.2 Å². The first-order chi connectivity index (χ1) is 30.8. The highest BCUT2D eigenvalue weighted by Crippen LogP contribution is 2.47. The van der Waals surface area contributed by atoms with E-state index in [0.717, 1.165) is 22.5 Å². The summed E-state index contributed by atoms with van der Waals surface area (Å²) < 4.78 is 35.9. The van der Waals surface area contributed by atoms with Crippen LogP contribution < -0.4 is 25.2 Å². The van der Waals surface area contributed by atoms with Crippen LogP contribution in [0, 0.1) is 5.92 Å². The molecule has 6 rings (SSSR count). The average molecular weight is 891 g/mol. The Morgan fingerprint density at radius 2 is 1.42 bits per heavy atom. The maximum atomic E-state index is 13.3. The van der Waals surface area contributed by atoms with Gasteiger partial charge >= 0.3 is 0 Å². The van der Waals surface area contributed by atoms with Crippen molar-refractivity contribution in [3.8, 4) is 11.5 Å². The molecule has 338 valence electrons. The highest BCUT2D eigenvalue weighted by atomic mass is 31.2. The third-order valence-electron chi connectivity index (χ3n) is 10.4. The van der Waals surface area contributed by atoms with E-state index in [-0.39, 0.29) is 54.2 Å². The molecule has 16 heteroatoms. The van der Waals surface area contributed by atoms with Crippen LogP contribution in [-0.2, 0) is 24.2 Å². The molecule has 64 heavy (non-hydrogen) atoms. The number of nitrogens with one attached hydrogen (secondary N) is 2. The average Bonchev–Trinajstić information content (AvgIpc) is 3.71. The van der Waals surface area contributed by atoms with E-state index in [4.69, 9.17) is 23.3 Å². The number of nitrogens with zero attached hydrogens (tertiary/aromatic N) is 6. The maximum absolute atomic E-state index is 13.3. The highest BCUT2D eigenvalue weighted by molar-refractivity contribution is 7.44. The number of pyridine rings is 1. The molecule has 0 aliphatic rings. The number of hydrogen-bond acceptors (Lipinski definition) is 12. The molecule has 3 aromatic heterocycles. The fourth-order valence-electron chi connectivity index (χ4n) is 7.16. The number of carbonyl (C=O) groups excluding carboxylic acids is 1. The van der Waals surface area contributed by atoms with Gasteiger partial charge in [-0.1, -0.05) is 74.5 Å². The van der Waals surface area contributed by atoms with Crippen LogP contribution in [0.3, 0.4) is 0 Å². The van der Waals surface area contributed by atoms with Gasteiger partial charge in [-0.25, -0.2) is 14.6 Å². The summed E-state index contributed by atoms with van der Waals surface area (Å²) >= 11 is 0. The fraction of sp³-hybridized carbons (Fsp3) is 0.354. The molecule has 1 atom stereocenters. The van der Waals surface area contributed by atoms with Crippen molar-refractivity contribution >= 4 is 43.6 Å². The number of carbonyl (C=O) groups is 1. The Morgan fingerprint density at radius 3 is 1.98 bits per heavy atom. The van der Waals surface area contributed by atoms with Crippen molar-refractivity contribution in [2.24, 2.45) is 5.92 Å². The van der Waals surface area contributed by atoms with Gasteiger partial charge in [0.1, 0.15) is 29.2 Å². The molecular formula is C48H59N8O7P. The number of ether oxygens (including phenoxy) is 3. The summed E-state index contributed by atoms with van der Waals surface area (Å²) in [5.74, 6) is 1.63. The van der Waals surface area contributed by atoms with Crippen molar-refractivity contribution in [1.29, 1.82) is 0 Å². The number of rotatable bonds is 22. The van der Waals surface area contributed by atoms with Gasteiger partial charge in [-0.2, -0.15) is 4.98 Å². The Morgan fingerprint density at radius 1 is 0.812 bits per heavy atom. The Balaban J connectivity index is 1.44. The summed E-state index contributed by atoms with van der Waals surface area (Å²) in [6, 6.07) is 31.7. The number of H-pyrrole nitrogens is 1. The summed E-state index contributed by atoms with van der Waals surface area (Å²) in [6.07, 6.45) is 5.09. The van der Waals surface area contributed by atoms with E-state index in [2.05, 4.69) is 57.6 Å². The van der Waals surface area contributed by atoms with Crippen molar-refractivity contribution < 1.29 is 28.1 Å². The van der Waals surface area contributed by atoms with Gasteiger partial charge in [-0.05, 0) is 86.4 Å². The Kier molecular flexibility index (Phi) is 16.4. The minimum Gasteiger partial charge on any atom is -0.497 e. The molecule has 0 spiro atoms. The van der Waals surface area contributed by atoms with Crippen molar-refractivity contribution in [2.45, 2.75) is 59.2 Å². The molecule has 0 saturated carbocycles. The Bertz CT molecular complexity index is 2440. The predicted molar refractivity (Wildman–Crippen MR) is 253 cm³/mol. The fourth-order valence-corrected chi connectivity index (χ4v) is 8.77. The number of aromatic nitrogens is 5. The van der Waals surface area contributed by atoms with E-state index in [0.29, 0.717) is 30.2 Å². The lowest BCUT2D eigenvalue weighted by Gasteiger charge is -2.37. The SMILES string of the molecule is COc1ccc(C(OC/C(=C\n2cnc3c(=O)[nH]c(NC(=O)C(C)C)nc32)COP(OCCN(C)c2ccccn2)N(C(C)C)C(C)C)(c2ccccc2)c2ccc(OC)cc2)cc1. The lowest BCUT2D eigenvalue weighted by molar-refractivity contribution is -0.118. The molecule has 3 aromatic carbocycles. The van der Waals surface area contributed by atoms with E-state index in [1.54, 1.807) is 38.8 Å². The molecule has 0 bridgehead atoms. The van der Waals surface area contributed by atoms with Gasteiger partial charge in [-0.15, -0.1) is 0 Å². The number of fused-ring (bicyclic) bond motifs is 1. The van der Waals surface area contributed by atoms with E-state index in [9.17, 15) is 9.59 Å². The smallest absolute Gasteiger partial charge is 0.280 e. The summed E-state index contributed by atoms with van der Waals surface area (Å²) in [7, 11) is 3.63. The third kappa shape index (κ3) is 11.4. The number of imidazole rings is 1. The first kappa shape index (κ1) is 47.5. The zero-order valence-electron chi connectivity index (χ0n) is 38.0. The Hall–Kier alpha value is -5.96. The summed E-state index contributed by atoms with van der Waals surface area (Å²) in [4.78, 5) is 44.2. The maximum Gasteiger partial charge on any atom is 0.280 e. The summed E-state index contributed by atoms with van der Waals surface area (Å²) in [5, 5.41) is 2.71. The van der Waals surface area contributed by atoms with Crippen molar-refractivity contribution in [3.63, 3.8) is 0 Å². The normalized spacial score (nSPS) is 12.7. The molecule has 0 fully saturated rings. The van der Waals surface area contributed by atoms with Gasteiger partial charge in [0.25, 0.3) is 14.1 Å². The van der Waals surface area contributed by atoms with Crippen molar-refractivity contribution in [3.05, 3.63) is 142 Å². The first-order valence-corrected chi connectivity index (χ1v) is 22.4. The van der Waals surface area contributed by atoms with Crippen molar-refractivity contribution in [2.75, 3.05) is 57.8 Å². The quantitative estimate of drug-likeness (QED) is 0.0496. The second kappa shape index (κ2) is 22.1. The number of amides is 1. The van der Waals surface area contributed by atoms with Gasteiger partial charge in [-0.3, -0.25) is 24.5 Å². The van der Waals surface area contributed by atoms with Crippen LogP contribution in [0.5, 0.6) is 11.5 Å². The van der Waals surface area contributed by atoms with Gasteiger partial charge < -0.3 is 28.2 Å². The third-order valence-corrected chi connectivity index (χ3v) is 12.5. The zero-order chi connectivity index (χ0) is 45.8. The first-order valence-electron chi connectivity index (χ1n) is 21.3. The molecule has 6 aromatic rings. The number of aromatic amines is 1. The number of methoxy groups -OCH3 is 2. The number of anilines is 2. The van der Waals surface area contributed by atoms with Crippen LogP contribution in [0.25, 0.3) is 17.4 Å². The zero-order valence-corrected chi connectivity index (χ0v) is 38.9. The standard InChI is InChI=1S/C48H59N8O7P/c1-33(2)45(57)52-47-51-44-43(46(58)53-47)50-32-55(44)29-36(31-63-64(56(34(3)4)35(5)6)62-28-27-54(7)42-17-13-14-26-49-42)30-61-48(37-15-11-10-12-16-37,38-18-22-40(59-8)23-19-38)39-20-24-41(60-9)25-21-39/h10-26,29,32-35H,27-28,30-31H2,1-9H3,(H2,51,52,53,57,58)/b36-29+.